The lowest BCUT2D eigenvalue weighted by Crippen LogP contribution is -2.34. The van der Waals surface area contributed by atoms with Gasteiger partial charge in [-0.3, -0.25) is 10.1 Å². The van der Waals surface area contributed by atoms with E-state index in [1.807, 2.05) is 30.3 Å². The highest BCUT2D eigenvalue weighted by atomic mass is 32.1. The number of carbonyl (C=O) groups is 2. The van der Waals surface area contributed by atoms with E-state index >= 15 is 0 Å². The lowest BCUT2D eigenvalue weighted by molar-refractivity contribution is 0.0696. The van der Waals surface area contributed by atoms with Gasteiger partial charge in [0.05, 0.1) is 5.56 Å². The average Bonchev–Trinajstić information content (AvgIpc) is 2.74. The highest BCUT2D eigenvalue weighted by Gasteiger charge is 2.13. The molecule has 7 heteroatoms. The van der Waals surface area contributed by atoms with Crippen LogP contribution in [0.4, 0.5) is 5.69 Å². The van der Waals surface area contributed by atoms with Gasteiger partial charge in [0.25, 0.3) is 5.91 Å². The normalized spacial score (nSPS) is 10.2. The fraction of sp³-hybridized carbons (Fsp3) is 0.0870. The van der Waals surface area contributed by atoms with Gasteiger partial charge in [0.15, 0.2) is 5.11 Å². The highest BCUT2D eigenvalue weighted by Crippen LogP contribution is 2.19. The monoisotopic (exact) mass is 420 g/mol. The zero-order valence-electron chi connectivity index (χ0n) is 16.2. The number of hydrogen-bond donors (Lipinski definition) is 3. The fourth-order valence-corrected chi connectivity index (χ4v) is 2.98. The van der Waals surface area contributed by atoms with Gasteiger partial charge < -0.3 is 15.2 Å². The Labute approximate surface area is 179 Å². The van der Waals surface area contributed by atoms with Gasteiger partial charge in [-0.2, -0.15) is 0 Å². The molecule has 3 aromatic rings. The third kappa shape index (κ3) is 5.42. The van der Waals surface area contributed by atoms with Crippen molar-refractivity contribution in [3.8, 4) is 5.75 Å². The summed E-state index contributed by atoms with van der Waals surface area (Å²) in [6.45, 7) is 2.11. The predicted molar refractivity (Wildman–Crippen MR) is 119 cm³/mol. The number of carboxylic acids is 1. The van der Waals surface area contributed by atoms with Gasteiger partial charge >= 0.3 is 5.97 Å². The van der Waals surface area contributed by atoms with Crippen molar-refractivity contribution in [1.82, 2.24) is 5.32 Å². The molecule has 0 radical (unpaired) electrons. The Hall–Kier alpha value is -3.71. The second-order valence-electron chi connectivity index (χ2n) is 6.49. The van der Waals surface area contributed by atoms with Gasteiger partial charge in [0.2, 0.25) is 0 Å². The molecule has 0 bridgehead atoms. The number of carbonyl (C=O) groups excluding carboxylic acids is 1. The van der Waals surface area contributed by atoms with E-state index in [4.69, 9.17) is 17.0 Å². The quantitative estimate of drug-likeness (QED) is 0.513. The summed E-state index contributed by atoms with van der Waals surface area (Å²) in [7, 11) is 0. The first-order valence-electron chi connectivity index (χ1n) is 9.16. The van der Waals surface area contributed by atoms with Gasteiger partial charge in [-0.15, -0.1) is 0 Å². The van der Waals surface area contributed by atoms with Crippen LogP contribution in [-0.2, 0) is 6.61 Å². The molecule has 0 aliphatic heterocycles. The molecule has 152 valence electrons. The van der Waals surface area contributed by atoms with Crippen LogP contribution in [0.2, 0.25) is 0 Å². The summed E-state index contributed by atoms with van der Waals surface area (Å²) in [6.07, 6.45) is 0. The minimum Gasteiger partial charge on any atom is -0.489 e. The molecule has 6 nitrogen and oxygen atoms in total. The van der Waals surface area contributed by atoms with Gasteiger partial charge in [0.1, 0.15) is 12.4 Å². The summed E-state index contributed by atoms with van der Waals surface area (Å²) in [5.41, 5.74) is 2.69. The van der Waals surface area contributed by atoms with Crippen molar-refractivity contribution in [3.05, 3.63) is 95.1 Å². The second kappa shape index (κ2) is 9.67. The van der Waals surface area contributed by atoms with Gasteiger partial charge in [-0.1, -0.05) is 36.4 Å². The molecule has 0 saturated heterocycles. The first-order valence-corrected chi connectivity index (χ1v) is 9.57. The number of thiocarbonyl (C=S) groups is 1. The number of anilines is 1. The molecule has 0 heterocycles. The van der Waals surface area contributed by atoms with E-state index in [9.17, 15) is 14.7 Å². The Balaban J connectivity index is 1.57. The zero-order chi connectivity index (χ0) is 21.5. The summed E-state index contributed by atoms with van der Waals surface area (Å²) in [5, 5.41) is 14.7. The van der Waals surface area contributed by atoms with Crippen LogP contribution in [0.25, 0.3) is 0 Å². The average molecular weight is 420 g/mol. The number of amides is 1. The smallest absolute Gasteiger partial charge is 0.336 e. The highest BCUT2D eigenvalue weighted by molar-refractivity contribution is 7.80. The SMILES string of the molecule is Cc1c(NC(=S)NC(=O)c2ccc(OCc3ccccc3)cc2)cccc1C(=O)O. The topological polar surface area (TPSA) is 87.7 Å². The largest absolute Gasteiger partial charge is 0.489 e. The molecule has 3 rings (SSSR count). The van der Waals surface area contributed by atoms with Crippen molar-refractivity contribution < 1.29 is 19.4 Å². The van der Waals surface area contributed by atoms with Crippen LogP contribution in [0.3, 0.4) is 0 Å². The van der Waals surface area contributed by atoms with E-state index in [1.165, 1.54) is 6.07 Å². The molecule has 30 heavy (non-hydrogen) atoms. The minimum absolute atomic E-state index is 0.0787. The van der Waals surface area contributed by atoms with Crippen LogP contribution in [0.5, 0.6) is 5.75 Å². The van der Waals surface area contributed by atoms with Crippen molar-refractivity contribution in [2.24, 2.45) is 0 Å². The molecule has 0 aromatic heterocycles. The van der Waals surface area contributed by atoms with Gasteiger partial charge in [-0.05, 0) is 66.7 Å². The Morgan fingerprint density at radius 2 is 1.67 bits per heavy atom. The first kappa shape index (κ1) is 21.0. The molecule has 0 aliphatic carbocycles. The molecule has 0 fully saturated rings. The van der Waals surface area contributed by atoms with E-state index < -0.39 is 5.97 Å². The van der Waals surface area contributed by atoms with Gasteiger partial charge in [0, 0.05) is 11.3 Å². The van der Waals surface area contributed by atoms with Crippen molar-refractivity contribution in [2.45, 2.75) is 13.5 Å². The van der Waals surface area contributed by atoms with Crippen LogP contribution >= 0.6 is 12.2 Å². The van der Waals surface area contributed by atoms with Crippen LogP contribution in [0, 0.1) is 6.92 Å². The fourth-order valence-electron chi connectivity index (χ4n) is 2.78. The maximum absolute atomic E-state index is 12.4. The Morgan fingerprint density at radius 1 is 0.967 bits per heavy atom. The van der Waals surface area contributed by atoms with Crippen molar-refractivity contribution in [3.63, 3.8) is 0 Å². The van der Waals surface area contributed by atoms with Crippen molar-refractivity contribution in [2.75, 3.05) is 5.32 Å². The summed E-state index contributed by atoms with van der Waals surface area (Å²) in [6, 6.07) is 21.3. The zero-order valence-corrected chi connectivity index (χ0v) is 17.0. The summed E-state index contributed by atoms with van der Waals surface area (Å²) >= 11 is 5.19. The Morgan fingerprint density at radius 3 is 2.33 bits per heavy atom. The molecule has 3 N–H and O–H groups in total. The molecular weight excluding hydrogens is 400 g/mol. The molecule has 0 spiro atoms. The van der Waals surface area contributed by atoms with Crippen LogP contribution in [0.1, 0.15) is 31.8 Å². The number of hydrogen-bond acceptors (Lipinski definition) is 4. The third-order valence-electron chi connectivity index (χ3n) is 4.40. The predicted octanol–water partition coefficient (Wildman–Crippen LogP) is 4.40. The number of aromatic carboxylic acids is 1. The lowest BCUT2D eigenvalue weighted by atomic mass is 10.1. The van der Waals surface area contributed by atoms with Gasteiger partial charge in [-0.25, -0.2) is 4.79 Å². The van der Waals surface area contributed by atoms with Crippen LogP contribution in [0.15, 0.2) is 72.8 Å². The molecule has 0 saturated carbocycles. The van der Waals surface area contributed by atoms with E-state index in [0.29, 0.717) is 29.2 Å². The maximum Gasteiger partial charge on any atom is 0.336 e. The summed E-state index contributed by atoms with van der Waals surface area (Å²) < 4.78 is 5.71. The van der Waals surface area contributed by atoms with E-state index in [0.717, 1.165) is 5.56 Å². The molecule has 1 amide bonds. The molecule has 0 aliphatic rings. The number of ether oxygens (including phenoxy) is 1. The molecular formula is C23H20N2O4S. The Kier molecular flexibility index (Phi) is 6.77. The van der Waals surface area contributed by atoms with E-state index in [-0.39, 0.29) is 16.6 Å². The maximum atomic E-state index is 12.4. The van der Waals surface area contributed by atoms with Crippen LogP contribution in [-0.4, -0.2) is 22.1 Å². The standard InChI is InChI=1S/C23H20N2O4S/c1-15-19(22(27)28)8-5-9-20(15)24-23(30)25-21(26)17-10-12-18(13-11-17)29-14-16-6-3-2-4-7-16/h2-13H,14H2,1H3,(H,27,28)(H2,24,25,26,30). The first-order chi connectivity index (χ1) is 14.4. The number of nitrogens with one attached hydrogen (secondary N) is 2. The Bertz CT molecular complexity index is 1070. The minimum atomic E-state index is -1.03. The molecule has 0 unspecified atom stereocenters. The van der Waals surface area contributed by atoms with Crippen molar-refractivity contribution in [1.29, 1.82) is 0 Å². The van der Waals surface area contributed by atoms with Crippen LogP contribution < -0.4 is 15.4 Å². The summed E-state index contributed by atoms with van der Waals surface area (Å²) in [5.74, 6) is -0.757. The number of benzene rings is 3. The molecule has 0 atom stereocenters. The number of carboxylic acid groups (broad SMARTS) is 1. The summed E-state index contributed by atoms with van der Waals surface area (Å²) in [4.78, 5) is 23.7. The second-order valence-corrected chi connectivity index (χ2v) is 6.90. The molecule has 3 aromatic carbocycles. The third-order valence-corrected chi connectivity index (χ3v) is 4.61. The number of rotatable bonds is 6. The lowest BCUT2D eigenvalue weighted by Gasteiger charge is -2.13. The van der Waals surface area contributed by atoms with E-state index in [2.05, 4.69) is 10.6 Å². The van der Waals surface area contributed by atoms with E-state index in [1.54, 1.807) is 43.3 Å². The van der Waals surface area contributed by atoms with Crippen molar-refractivity contribution >= 4 is 34.9 Å².